The minimum absolute atomic E-state index is 0.128. The summed E-state index contributed by atoms with van der Waals surface area (Å²) in [4.78, 5) is 15.3. The second-order valence-electron chi connectivity index (χ2n) is 8.33. The molecule has 0 radical (unpaired) electrons. The molecule has 2 N–H and O–H groups in total. The van der Waals surface area contributed by atoms with Gasteiger partial charge in [0.15, 0.2) is 0 Å². The molecule has 5 nitrogen and oxygen atoms in total. The molecule has 2 heterocycles. The monoisotopic (exact) mass is 477 g/mol. The molecule has 0 saturated carbocycles. The highest BCUT2D eigenvalue weighted by Crippen LogP contribution is 2.46. The van der Waals surface area contributed by atoms with E-state index in [1.165, 1.54) is 0 Å². The molecule has 0 saturated heterocycles. The molecular formula is C26H21Cl2N3O2. The maximum absolute atomic E-state index is 13.5. The van der Waals surface area contributed by atoms with E-state index in [0.29, 0.717) is 33.5 Å². The van der Waals surface area contributed by atoms with Crippen LogP contribution >= 0.6 is 23.2 Å². The van der Waals surface area contributed by atoms with Crippen molar-refractivity contribution in [1.82, 2.24) is 15.1 Å². The van der Waals surface area contributed by atoms with Crippen molar-refractivity contribution in [2.75, 3.05) is 0 Å². The van der Waals surface area contributed by atoms with E-state index in [2.05, 4.69) is 10.2 Å². The second kappa shape index (κ2) is 8.25. The van der Waals surface area contributed by atoms with Crippen LogP contribution < -0.4 is 0 Å². The Morgan fingerprint density at radius 2 is 1.79 bits per heavy atom. The van der Waals surface area contributed by atoms with Crippen molar-refractivity contribution in [3.05, 3.63) is 104 Å². The minimum atomic E-state index is -0.448. The molecule has 0 bridgehead atoms. The average Bonchev–Trinajstić information content (AvgIpc) is 3.30. The lowest BCUT2D eigenvalue weighted by Gasteiger charge is -2.27. The third-order valence-electron chi connectivity index (χ3n) is 6.01. The number of phenolic OH excluding ortho intramolecular Hbond substituents is 1. The summed E-state index contributed by atoms with van der Waals surface area (Å²) in [6.45, 7) is 4.26. The van der Waals surface area contributed by atoms with Crippen molar-refractivity contribution in [1.29, 1.82) is 0 Å². The lowest BCUT2D eigenvalue weighted by atomic mass is 9.93. The molecule has 7 heteroatoms. The Morgan fingerprint density at radius 3 is 2.48 bits per heavy atom. The van der Waals surface area contributed by atoms with Gasteiger partial charge in [-0.15, -0.1) is 0 Å². The number of carbonyl (C=O) groups is 1. The lowest BCUT2D eigenvalue weighted by molar-refractivity contribution is 0.0730. The SMILES string of the molecule is Cc1cc(C)c(-c2n[nH]c3c2C(c2ccc(Cl)c(Cl)c2)N(Cc2ccccc2)C3=O)c(O)c1. The van der Waals surface area contributed by atoms with Crippen LogP contribution in [0.15, 0.2) is 60.7 Å². The fraction of sp³-hybridized carbons (Fsp3) is 0.154. The summed E-state index contributed by atoms with van der Waals surface area (Å²) >= 11 is 12.5. The summed E-state index contributed by atoms with van der Waals surface area (Å²) in [7, 11) is 0. The van der Waals surface area contributed by atoms with E-state index in [1.54, 1.807) is 23.1 Å². The molecule has 1 aliphatic heterocycles. The van der Waals surface area contributed by atoms with Crippen LogP contribution in [0.1, 0.15) is 44.3 Å². The van der Waals surface area contributed by atoms with Gasteiger partial charge in [-0.1, -0.05) is 65.7 Å². The third kappa shape index (κ3) is 3.67. The van der Waals surface area contributed by atoms with E-state index in [1.807, 2.05) is 56.3 Å². The fourth-order valence-corrected chi connectivity index (χ4v) is 4.92. The van der Waals surface area contributed by atoms with Gasteiger partial charge in [-0.05, 0) is 54.3 Å². The number of phenols is 1. The zero-order chi connectivity index (χ0) is 23.3. The van der Waals surface area contributed by atoms with Gasteiger partial charge in [-0.3, -0.25) is 9.89 Å². The number of aromatic amines is 1. The Kier molecular flexibility index (Phi) is 5.39. The van der Waals surface area contributed by atoms with E-state index in [9.17, 15) is 9.90 Å². The Bertz CT molecular complexity index is 1360. The molecule has 1 amide bonds. The van der Waals surface area contributed by atoms with E-state index in [0.717, 1.165) is 27.8 Å². The Hall–Kier alpha value is -3.28. The number of nitrogens with zero attached hydrogens (tertiary/aromatic N) is 2. The zero-order valence-corrected chi connectivity index (χ0v) is 19.6. The smallest absolute Gasteiger partial charge is 0.273 e. The maximum atomic E-state index is 13.5. The molecule has 5 rings (SSSR count). The number of amides is 1. The number of fused-ring (bicyclic) bond motifs is 1. The van der Waals surface area contributed by atoms with Crippen molar-refractivity contribution in [2.24, 2.45) is 0 Å². The zero-order valence-electron chi connectivity index (χ0n) is 18.1. The predicted molar refractivity (Wildman–Crippen MR) is 130 cm³/mol. The van der Waals surface area contributed by atoms with Gasteiger partial charge in [0.25, 0.3) is 5.91 Å². The maximum Gasteiger partial charge on any atom is 0.273 e. The first-order chi connectivity index (χ1) is 15.8. The molecule has 1 aliphatic rings. The Morgan fingerprint density at radius 1 is 1.03 bits per heavy atom. The van der Waals surface area contributed by atoms with E-state index >= 15 is 0 Å². The molecule has 166 valence electrons. The van der Waals surface area contributed by atoms with Gasteiger partial charge in [-0.25, -0.2) is 0 Å². The number of benzene rings is 3. The Balaban J connectivity index is 1.71. The molecule has 33 heavy (non-hydrogen) atoms. The number of aromatic nitrogens is 2. The van der Waals surface area contributed by atoms with Crippen LogP contribution in [-0.4, -0.2) is 26.1 Å². The van der Waals surface area contributed by atoms with Crippen LogP contribution in [-0.2, 0) is 6.54 Å². The first-order valence-electron chi connectivity index (χ1n) is 10.5. The summed E-state index contributed by atoms with van der Waals surface area (Å²) in [5, 5.41) is 19.1. The van der Waals surface area contributed by atoms with Gasteiger partial charge in [-0.2, -0.15) is 5.10 Å². The number of aryl methyl sites for hydroxylation is 2. The number of hydrogen-bond acceptors (Lipinski definition) is 3. The topological polar surface area (TPSA) is 69.2 Å². The summed E-state index contributed by atoms with van der Waals surface area (Å²) in [5.41, 5.74) is 5.95. The lowest BCUT2D eigenvalue weighted by Crippen LogP contribution is -2.29. The van der Waals surface area contributed by atoms with Crippen molar-refractivity contribution in [2.45, 2.75) is 26.4 Å². The van der Waals surface area contributed by atoms with Crippen LogP contribution in [0.3, 0.4) is 0 Å². The second-order valence-corrected chi connectivity index (χ2v) is 9.15. The third-order valence-corrected chi connectivity index (χ3v) is 6.75. The highest BCUT2D eigenvalue weighted by molar-refractivity contribution is 6.42. The van der Waals surface area contributed by atoms with Crippen LogP contribution in [0, 0.1) is 13.8 Å². The highest BCUT2D eigenvalue weighted by atomic mass is 35.5. The normalized spacial score (nSPS) is 15.2. The number of H-pyrrole nitrogens is 1. The fourth-order valence-electron chi connectivity index (χ4n) is 4.61. The van der Waals surface area contributed by atoms with Crippen LogP contribution in [0.5, 0.6) is 5.75 Å². The average molecular weight is 478 g/mol. The number of rotatable bonds is 4. The van der Waals surface area contributed by atoms with Gasteiger partial charge >= 0.3 is 0 Å². The van der Waals surface area contributed by atoms with Crippen molar-refractivity contribution < 1.29 is 9.90 Å². The molecule has 4 aromatic rings. The molecule has 1 aromatic heterocycles. The number of nitrogens with one attached hydrogen (secondary N) is 1. The first kappa shape index (κ1) is 21.6. The van der Waals surface area contributed by atoms with Gasteiger partial charge in [0.05, 0.1) is 16.1 Å². The minimum Gasteiger partial charge on any atom is -0.507 e. The largest absolute Gasteiger partial charge is 0.507 e. The molecule has 1 atom stereocenters. The van der Waals surface area contributed by atoms with Crippen molar-refractivity contribution in [3.63, 3.8) is 0 Å². The van der Waals surface area contributed by atoms with E-state index in [-0.39, 0.29) is 11.7 Å². The Labute approximate surface area is 201 Å². The van der Waals surface area contributed by atoms with Crippen LogP contribution in [0.25, 0.3) is 11.3 Å². The van der Waals surface area contributed by atoms with Crippen LogP contribution in [0.4, 0.5) is 0 Å². The number of carbonyl (C=O) groups excluding carboxylic acids is 1. The first-order valence-corrected chi connectivity index (χ1v) is 11.3. The van der Waals surface area contributed by atoms with Gasteiger partial charge in [0.1, 0.15) is 17.1 Å². The molecule has 1 unspecified atom stereocenters. The van der Waals surface area contributed by atoms with Crippen LogP contribution in [0.2, 0.25) is 10.0 Å². The van der Waals surface area contributed by atoms with E-state index < -0.39 is 6.04 Å². The highest BCUT2D eigenvalue weighted by Gasteiger charge is 2.42. The van der Waals surface area contributed by atoms with E-state index in [4.69, 9.17) is 23.2 Å². The van der Waals surface area contributed by atoms with Crippen molar-refractivity contribution in [3.8, 4) is 17.0 Å². The number of halogens is 2. The summed E-state index contributed by atoms with van der Waals surface area (Å²) in [5.74, 6) is -0.0309. The standard InChI is InChI=1S/C26H21Cl2N3O2/c1-14-10-15(2)21(20(32)11-14)23-22-24(30-29-23)26(33)31(13-16-6-4-3-5-7-16)25(22)17-8-9-18(27)19(28)12-17/h3-12,25,32H,13H2,1-2H3,(H,29,30). The van der Waals surface area contributed by atoms with Gasteiger partial charge in [0, 0.05) is 17.7 Å². The van der Waals surface area contributed by atoms with Crippen molar-refractivity contribution >= 4 is 29.1 Å². The summed E-state index contributed by atoms with van der Waals surface area (Å²) < 4.78 is 0. The number of aromatic hydroxyl groups is 1. The predicted octanol–water partition coefficient (Wildman–Crippen LogP) is 6.45. The molecular weight excluding hydrogens is 457 g/mol. The summed E-state index contributed by atoms with van der Waals surface area (Å²) in [6, 6.07) is 18.5. The molecule has 0 aliphatic carbocycles. The van der Waals surface area contributed by atoms with Gasteiger partial charge in [0.2, 0.25) is 0 Å². The number of hydrogen-bond donors (Lipinski definition) is 2. The quantitative estimate of drug-likeness (QED) is 0.354. The molecule has 3 aromatic carbocycles. The van der Waals surface area contributed by atoms with Gasteiger partial charge < -0.3 is 10.0 Å². The summed E-state index contributed by atoms with van der Waals surface area (Å²) in [6.07, 6.45) is 0. The molecule has 0 spiro atoms. The molecule has 0 fully saturated rings.